The molecule has 0 saturated carbocycles. The average Bonchev–Trinajstić information content (AvgIpc) is 3.67. The molecule has 6 rings (SSSR count). The Kier molecular flexibility index (Phi) is 8.39. The summed E-state index contributed by atoms with van der Waals surface area (Å²) in [5, 5.41) is 26.6. The van der Waals surface area contributed by atoms with Crippen molar-refractivity contribution < 1.29 is 8.81 Å². The van der Waals surface area contributed by atoms with Gasteiger partial charge in [0.1, 0.15) is 23.6 Å². The predicted octanol–water partition coefficient (Wildman–Crippen LogP) is 7.82. The molecule has 232 valence electrons. The lowest BCUT2D eigenvalue weighted by Gasteiger charge is -2.40. The lowest BCUT2D eigenvalue weighted by molar-refractivity contribution is 0.0866. The van der Waals surface area contributed by atoms with Gasteiger partial charge in [0.2, 0.25) is 0 Å². The van der Waals surface area contributed by atoms with Crippen molar-refractivity contribution in [3.05, 3.63) is 87.7 Å². The fourth-order valence-corrected chi connectivity index (χ4v) is 6.16. The quantitative estimate of drug-likeness (QED) is 0.182. The van der Waals surface area contributed by atoms with E-state index in [1.165, 1.54) is 30.8 Å². The Balaban J connectivity index is 1.35. The highest BCUT2D eigenvalue weighted by atomic mass is 35.5. The highest BCUT2D eigenvalue weighted by Crippen LogP contribution is 2.38. The van der Waals surface area contributed by atoms with Crippen molar-refractivity contribution in [3.63, 3.8) is 0 Å². The highest BCUT2D eigenvalue weighted by molar-refractivity contribution is 6.36. The number of aryl methyl sites for hydroxylation is 1. The number of halogens is 3. The lowest BCUT2D eigenvalue weighted by Crippen LogP contribution is -2.46. The van der Waals surface area contributed by atoms with Gasteiger partial charge in [-0.2, -0.15) is 5.26 Å². The van der Waals surface area contributed by atoms with Gasteiger partial charge in [0, 0.05) is 41.6 Å². The standard InChI is InChI=1S/C32H32Cl2FN9O/c1-18-31(45-17-38-18)30(27-16-44(42-41-27)22-7-9-43(10-8-22)32(2,3)4)40-21-11-23-28(39-20-5-6-26(35)24(33)12-20)19(14-36)15-37-29(23)25(34)13-21/h5-6,11-13,15-17,22,30,40H,7-10H2,1-4H3,(H,37,39). The Morgan fingerprint density at radius 1 is 1.09 bits per heavy atom. The molecule has 1 aliphatic rings. The minimum atomic E-state index is -0.544. The van der Waals surface area contributed by atoms with E-state index in [0.29, 0.717) is 50.1 Å². The number of hydrogen-bond donors (Lipinski definition) is 2. The molecule has 3 aromatic heterocycles. The molecule has 1 aliphatic heterocycles. The van der Waals surface area contributed by atoms with Crippen molar-refractivity contribution in [2.24, 2.45) is 0 Å². The van der Waals surface area contributed by atoms with Crippen molar-refractivity contribution in [1.82, 2.24) is 29.9 Å². The van der Waals surface area contributed by atoms with E-state index in [4.69, 9.17) is 27.6 Å². The van der Waals surface area contributed by atoms with Crippen LogP contribution in [0.4, 0.5) is 21.5 Å². The van der Waals surface area contributed by atoms with E-state index in [9.17, 15) is 9.65 Å². The van der Waals surface area contributed by atoms with Gasteiger partial charge in [-0.3, -0.25) is 9.88 Å². The van der Waals surface area contributed by atoms with Gasteiger partial charge in [-0.15, -0.1) is 5.10 Å². The fraction of sp³-hybridized carbons (Fsp3) is 0.344. The maximum absolute atomic E-state index is 13.8. The van der Waals surface area contributed by atoms with Crippen LogP contribution in [0.2, 0.25) is 10.0 Å². The zero-order valence-electron chi connectivity index (χ0n) is 25.3. The Bertz CT molecular complexity index is 1900. The number of fused-ring (bicyclic) bond motifs is 1. The van der Waals surface area contributed by atoms with Crippen molar-refractivity contribution in [3.8, 4) is 6.07 Å². The van der Waals surface area contributed by atoms with E-state index in [1.807, 2.05) is 23.9 Å². The smallest absolute Gasteiger partial charge is 0.181 e. The molecule has 0 aliphatic carbocycles. The highest BCUT2D eigenvalue weighted by Gasteiger charge is 2.30. The van der Waals surface area contributed by atoms with Gasteiger partial charge in [-0.25, -0.2) is 14.1 Å². The lowest BCUT2D eigenvalue weighted by atomic mass is 9.98. The Hall–Kier alpha value is -4.24. The summed E-state index contributed by atoms with van der Waals surface area (Å²) < 4.78 is 21.6. The van der Waals surface area contributed by atoms with Gasteiger partial charge in [0.25, 0.3) is 0 Å². The number of nitrogens with one attached hydrogen (secondary N) is 2. The third kappa shape index (κ3) is 6.31. The topological polar surface area (TPSA) is 121 Å². The average molecular weight is 649 g/mol. The second-order valence-corrected chi connectivity index (χ2v) is 13.0. The normalized spacial score (nSPS) is 15.2. The van der Waals surface area contributed by atoms with E-state index in [-0.39, 0.29) is 22.2 Å². The maximum atomic E-state index is 13.8. The monoisotopic (exact) mass is 647 g/mol. The summed E-state index contributed by atoms with van der Waals surface area (Å²) in [5.74, 6) is 0.0434. The van der Waals surface area contributed by atoms with Crippen LogP contribution in [0.25, 0.3) is 10.9 Å². The largest absolute Gasteiger partial charge is 0.446 e. The fourth-order valence-electron chi connectivity index (χ4n) is 5.71. The molecule has 1 atom stereocenters. The summed E-state index contributed by atoms with van der Waals surface area (Å²) in [7, 11) is 0. The molecule has 1 fully saturated rings. The van der Waals surface area contributed by atoms with Crippen molar-refractivity contribution >= 4 is 51.2 Å². The molecule has 5 aromatic rings. The van der Waals surface area contributed by atoms with E-state index >= 15 is 0 Å². The number of anilines is 3. The van der Waals surface area contributed by atoms with Crippen molar-refractivity contribution in [2.45, 2.75) is 58.2 Å². The van der Waals surface area contributed by atoms with Gasteiger partial charge in [-0.1, -0.05) is 28.4 Å². The number of benzene rings is 2. The number of aromatic nitrogens is 5. The Morgan fingerprint density at radius 3 is 2.51 bits per heavy atom. The number of hydrogen-bond acceptors (Lipinski definition) is 9. The molecule has 0 radical (unpaired) electrons. The molecule has 4 heterocycles. The number of rotatable bonds is 7. The predicted molar refractivity (Wildman–Crippen MR) is 172 cm³/mol. The van der Waals surface area contributed by atoms with Crippen LogP contribution in [0.15, 0.2) is 53.5 Å². The van der Waals surface area contributed by atoms with Gasteiger partial charge < -0.3 is 15.1 Å². The number of oxazole rings is 1. The van der Waals surface area contributed by atoms with E-state index < -0.39 is 11.9 Å². The molecule has 0 spiro atoms. The summed E-state index contributed by atoms with van der Waals surface area (Å²) in [6, 6.07) is 9.71. The number of pyridine rings is 1. The zero-order chi connectivity index (χ0) is 31.9. The summed E-state index contributed by atoms with van der Waals surface area (Å²) in [4.78, 5) is 11.2. The molecule has 1 saturated heterocycles. The van der Waals surface area contributed by atoms with Crippen LogP contribution in [0.3, 0.4) is 0 Å². The van der Waals surface area contributed by atoms with Crippen LogP contribution in [-0.4, -0.2) is 48.5 Å². The molecule has 13 heteroatoms. The minimum absolute atomic E-state index is 0.0460. The molecule has 0 bridgehead atoms. The third-order valence-electron chi connectivity index (χ3n) is 8.20. The second-order valence-electron chi connectivity index (χ2n) is 12.2. The molecule has 1 unspecified atom stereocenters. The minimum Gasteiger partial charge on any atom is -0.446 e. The van der Waals surface area contributed by atoms with E-state index in [2.05, 4.69) is 62.7 Å². The SMILES string of the molecule is Cc1ncoc1C(Nc1cc(Cl)c2ncc(C#N)c(Nc3ccc(F)c(Cl)c3)c2c1)c1cn(C2CCN(C(C)(C)C)CC2)nn1. The molecule has 0 amide bonds. The van der Waals surface area contributed by atoms with Crippen LogP contribution in [0, 0.1) is 24.1 Å². The molecule has 2 aromatic carbocycles. The van der Waals surface area contributed by atoms with E-state index in [1.54, 1.807) is 6.07 Å². The van der Waals surface area contributed by atoms with Gasteiger partial charge in [0.15, 0.2) is 12.2 Å². The number of likely N-dealkylation sites (tertiary alicyclic amines) is 1. The first-order valence-electron chi connectivity index (χ1n) is 14.6. The molecule has 2 N–H and O–H groups in total. The number of nitrogens with zero attached hydrogens (tertiary/aromatic N) is 7. The molecule has 45 heavy (non-hydrogen) atoms. The summed E-state index contributed by atoms with van der Waals surface area (Å²) in [6.07, 6.45) is 6.75. The summed E-state index contributed by atoms with van der Waals surface area (Å²) in [5.41, 5.74) is 3.83. The summed E-state index contributed by atoms with van der Waals surface area (Å²) >= 11 is 12.8. The Morgan fingerprint density at radius 2 is 1.84 bits per heavy atom. The molecular formula is C32H32Cl2FN9O. The van der Waals surface area contributed by atoms with Crippen molar-refractivity contribution in [2.75, 3.05) is 23.7 Å². The van der Waals surface area contributed by atoms with Gasteiger partial charge in [-0.05, 0) is 70.9 Å². The van der Waals surface area contributed by atoms with Crippen LogP contribution in [-0.2, 0) is 0 Å². The zero-order valence-corrected chi connectivity index (χ0v) is 26.8. The summed E-state index contributed by atoms with van der Waals surface area (Å²) in [6.45, 7) is 10.6. The number of nitriles is 1. The maximum Gasteiger partial charge on any atom is 0.181 e. The van der Waals surface area contributed by atoms with Gasteiger partial charge in [0.05, 0.1) is 44.7 Å². The van der Waals surface area contributed by atoms with Crippen molar-refractivity contribution in [1.29, 1.82) is 5.26 Å². The van der Waals surface area contributed by atoms with Gasteiger partial charge >= 0.3 is 0 Å². The first-order valence-corrected chi connectivity index (χ1v) is 15.3. The third-order valence-corrected chi connectivity index (χ3v) is 8.78. The Labute approximate surface area is 270 Å². The van der Waals surface area contributed by atoms with Crippen LogP contribution >= 0.6 is 23.2 Å². The van der Waals surface area contributed by atoms with Crippen LogP contribution in [0.1, 0.15) is 68.4 Å². The second kappa shape index (κ2) is 12.3. The first-order chi connectivity index (χ1) is 21.5. The molecule has 10 nitrogen and oxygen atoms in total. The van der Waals surface area contributed by atoms with Crippen LogP contribution in [0.5, 0.6) is 0 Å². The van der Waals surface area contributed by atoms with E-state index in [0.717, 1.165) is 25.9 Å². The molecular weight excluding hydrogens is 616 g/mol. The first kappa shape index (κ1) is 30.8. The number of piperidine rings is 1. The van der Waals surface area contributed by atoms with Crippen LogP contribution < -0.4 is 10.6 Å².